The number of fused-ring (bicyclic) bond motifs is 1. The molecule has 0 bridgehead atoms. The van der Waals surface area contributed by atoms with Gasteiger partial charge in [-0.2, -0.15) is 0 Å². The Morgan fingerprint density at radius 2 is 1.77 bits per heavy atom. The fourth-order valence-corrected chi connectivity index (χ4v) is 4.10. The van der Waals surface area contributed by atoms with E-state index in [1.54, 1.807) is 0 Å². The number of hydrogen-bond donors (Lipinski definition) is 0. The molecule has 2 unspecified atom stereocenters. The molecule has 0 amide bonds. The van der Waals surface area contributed by atoms with Crippen LogP contribution in [0.2, 0.25) is 0 Å². The molecular formula is C20H34O2. The first kappa shape index (κ1) is 17.6. The lowest BCUT2D eigenvalue weighted by Gasteiger charge is -2.36. The third-order valence-electron chi connectivity index (χ3n) is 5.24. The van der Waals surface area contributed by atoms with Crippen molar-refractivity contribution in [3.8, 4) is 0 Å². The summed E-state index contributed by atoms with van der Waals surface area (Å²) in [6.07, 6.45) is 17.6. The molecule has 1 saturated heterocycles. The fraction of sp³-hybridized carbons (Fsp3) is 0.800. The van der Waals surface area contributed by atoms with Gasteiger partial charge in [-0.3, -0.25) is 0 Å². The van der Waals surface area contributed by atoms with Crippen molar-refractivity contribution in [3.05, 3.63) is 24.0 Å². The molecule has 126 valence electrons. The molecule has 0 spiro atoms. The van der Waals surface area contributed by atoms with E-state index in [4.69, 9.17) is 9.47 Å². The number of unbranched alkanes of at least 4 members (excludes halogenated alkanes) is 4. The van der Waals surface area contributed by atoms with Crippen molar-refractivity contribution in [2.45, 2.75) is 78.2 Å². The van der Waals surface area contributed by atoms with E-state index < -0.39 is 0 Å². The van der Waals surface area contributed by atoms with Crippen LogP contribution in [0.25, 0.3) is 0 Å². The zero-order valence-corrected chi connectivity index (χ0v) is 14.8. The van der Waals surface area contributed by atoms with Crippen molar-refractivity contribution in [1.82, 2.24) is 0 Å². The summed E-state index contributed by atoms with van der Waals surface area (Å²) in [6, 6.07) is 0. The SMILES string of the molecule is C/C=C/C1C2OCCOC2=CC1(CCCCC)CCCCC. The summed E-state index contributed by atoms with van der Waals surface area (Å²) in [5.74, 6) is 1.57. The molecule has 0 saturated carbocycles. The van der Waals surface area contributed by atoms with Crippen molar-refractivity contribution in [3.63, 3.8) is 0 Å². The van der Waals surface area contributed by atoms with Gasteiger partial charge in [-0.15, -0.1) is 0 Å². The lowest BCUT2D eigenvalue weighted by molar-refractivity contribution is -0.0615. The second-order valence-corrected chi connectivity index (χ2v) is 6.89. The van der Waals surface area contributed by atoms with Crippen LogP contribution in [0.1, 0.15) is 72.1 Å². The first-order chi connectivity index (χ1) is 10.8. The highest BCUT2D eigenvalue weighted by Crippen LogP contribution is 2.51. The van der Waals surface area contributed by atoms with Crippen LogP contribution in [0.3, 0.4) is 0 Å². The van der Waals surface area contributed by atoms with Crippen LogP contribution < -0.4 is 0 Å². The van der Waals surface area contributed by atoms with E-state index in [1.807, 2.05) is 0 Å². The summed E-state index contributed by atoms with van der Waals surface area (Å²) in [5, 5.41) is 0. The maximum atomic E-state index is 6.09. The minimum Gasteiger partial charge on any atom is -0.493 e. The van der Waals surface area contributed by atoms with Gasteiger partial charge in [0.1, 0.15) is 18.5 Å². The van der Waals surface area contributed by atoms with E-state index >= 15 is 0 Å². The molecule has 0 aromatic heterocycles. The van der Waals surface area contributed by atoms with Crippen LogP contribution in [0, 0.1) is 11.3 Å². The van der Waals surface area contributed by atoms with Crippen LogP contribution >= 0.6 is 0 Å². The minimum absolute atomic E-state index is 0.160. The van der Waals surface area contributed by atoms with Crippen LogP contribution in [-0.2, 0) is 9.47 Å². The Kier molecular flexibility index (Phi) is 7.01. The highest BCUT2D eigenvalue weighted by molar-refractivity contribution is 5.26. The molecule has 1 aliphatic carbocycles. The molecule has 0 N–H and O–H groups in total. The molecule has 2 aliphatic rings. The zero-order chi connectivity index (χ0) is 15.8. The topological polar surface area (TPSA) is 18.5 Å². The predicted octanol–water partition coefficient (Wildman–Crippen LogP) is 5.64. The van der Waals surface area contributed by atoms with E-state index in [1.165, 1.54) is 51.4 Å². The first-order valence-electron chi connectivity index (χ1n) is 9.37. The van der Waals surface area contributed by atoms with E-state index in [-0.39, 0.29) is 11.5 Å². The average molecular weight is 306 g/mol. The maximum absolute atomic E-state index is 6.09. The van der Waals surface area contributed by atoms with Crippen molar-refractivity contribution in [1.29, 1.82) is 0 Å². The number of rotatable bonds is 9. The number of hydrogen-bond acceptors (Lipinski definition) is 2. The van der Waals surface area contributed by atoms with Crippen molar-refractivity contribution < 1.29 is 9.47 Å². The smallest absolute Gasteiger partial charge is 0.122 e. The van der Waals surface area contributed by atoms with Gasteiger partial charge in [0.05, 0.1) is 6.61 Å². The Morgan fingerprint density at radius 1 is 1.09 bits per heavy atom. The lowest BCUT2D eigenvalue weighted by Crippen LogP contribution is -2.35. The molecule has 1 fully saturated rings. The second kappa shape index (κ2) is 8.76. The van der Waals surface area contributed by atoms with Crippen molar-refractivity contribution >= 4 is 0 Å². The Morgan fingerprint density at radius 3 is 2.36 bits per heavy atom. The third kappa shape index (κ3) is 3.95. The molecule has 0 aromatic rings. The lowest BCUT2D eigenvalue weighted by atomic mass is 9.70. The molecule has 2 atom stereocenters. The second-order valence-electron chi connectivity index (χ2n) is 6.89. The third-order valence-corrected chi connectivity index (χ3v) is 5.24. The van der Waals surface area contributed by atoms with Crippen LogP contribution in [0.4, 0.5) is 0 Å². The molecule has 1 aliphatic heterocycles. The largest absolute Gasteiger partial charge is 0.493 e. The Labute approximate surface area is 137 Å². The summed E-state index contributed by atoms with van der Waals surface area (Å²) in [6.45, 7) is 8.14. The quantitative estimate of drug-likeness (QED) is 0.405. The van der Waals surface area contributed by atoms with Gasteiger partial charge in [0.15, 0.2) is 0 Å². The van der Waals surface area contributed by atoms with Gasteiger partial charge >= 0.3 is 0 Å². The van der Waals surface area contributed by atoms with Crippen molar-refractivity contribution in [2.24, 2.45) is 11.3 Å². The minimum atomic E-state index is 0.160. The summed E-state index contributed by atoms with van der Waals surface area (Å²) >= 11 is 0. The van der Waals surface area contributed by atoms with E-state index in [2.05, 4.69) is 39.0 Å². The molecule has 1 heterocycles. The van der Waals surface area contributed by atoms with Crippen LogP contribution in [-0.4, -0.2) is 19.3 Å². The van der Waals surface area contributed by atoms with Gasteiger partial charge in [-0.05, 0) is 25.8 Å². The molecule has 2 nitrogen and oxygen atoms in total. The fourth-order valence-electron chi connectivity index (χ4n) is 4.10. The van der Waals surface area contributed by atoms with Crippen molar-refractivity contribution in [2.75, 3.05) is 13.2 Å². The first-order valence-corrected chi connectivity index (χ1v) is 9.37. The summed E-state index contributed by atoms with van der Waals surface area (Å²) in [7, 11) is 0. The molecular weight excluding hydrogens is 272 g/mol. The Hall–Kier alpha value is -0.760. The summed E-state index contributed by atoms with van der Waals surface area (Å²) < 4.78 is 12.0. The molecule has 2 rings (SSSR count). The molecule has 0 radical (unpaired) electrons. The highest BCUT2D eigenvalue weighted by atomic mass is 16.6. The highest BCUT2D eigenvalue weighted by Gasteiger charge is 2.48. The van der Waals surface area contributed by atoms with E-state index in [0.29, 0.717) is 12.5 Å². The Bertz CT molecular complexity index is 373. The Balaban J connectivity index is 2.19. The van der Waals surface area contributed by atoms with E-state index in [9.17, 15) is 0 Å². The molecule has 0 aromatic carbocycles. The van der Waals surface area contributed by atoms with Crippen LogP contribution in [0.15, 0.2) is 24.0 Å². The molecule has 22 heavy (non-hydrogen) atoms. The summed E-state index contributed by atoms with van der Waals surface area (Å²) in [5.41, 5.74) is 0.251. The predicted molar refractivity (Wildman–Crippen MR) is 92.8 cm³/mol. The zero-order valence-electron chi connectivity index (χ0n) is 14.8. The average Bonchev–Trinajstić information content (AvgIpc) is 2.83. The van der Waals surface area contributed by atoms with Gasteiger partial charge in [0.2, 0.25) is 0 Å². The van der Waals surface area contributed by atoms with Gasteiger partial charge in [0.25, 0.3) is 0 Å². The monoisotopic (exact) mass is 306 g/mol. The van der Waals surface area contributed by atoms with Gasteiger partial charge < -0.3 is 9.47 Å². The number of ether oxygens (including phenoxy) is 2. The van der Waals surface area contributed by atoms with Crippen LogP contribution in [0.5, 0.6) is 0 Å². The van der Waals surface area contributed by atoms with Gasteiger partial charge in [-0.1, -0.05) is 64.5 Å². The standard InChI is InChI=1S/C20H34O2/c1-4-7-9-12-20(13-10-8-5-2)16-18-19(17(20)11-6-3)22-15-14-21-18/h6,11,16-17,19H,4-5,7-10,12-15H2,1-3H3/b11-6+. The normalized spacial score (nSPS) is 26.8. The van der Waals surface area contributed by atoms with E-state index in [0.717, 1.165) is 12.4 Å². The number of allylic oxidation sites excluding steroid dienone is 2. The van der Waals surface area contributed by atoms with Gasteiger partial charge in [-0.25, -0.2) is 0 Å². The summed E-state index contributed by atoms with van der Waals surface area (Å²) in [4.78, 5) is 0. The van der Waals surface area contributed by atoms with Gasteiger partial charge in [0, 0.05) is 11.3 Å². The maximum Gasteiger partial charge on any atom is 0.122 e. The molecule has 2 heteroatoms.